The van der Waals surface area contributed by atoms with Crippen LogP contribution in [0.4, 0.5) is 0 Å². The van der Waals surface area contributed by atoms with Gasteiger partial charge in [-0.25, -0.2) is 0 Å². The molecule has 7 heteroatoms. The molecule has 28 heavy (non-hydrogen) atoms. The number of nitrogens with zero attached hydrogens (tertiary/aromatic N) is 1. The number of hydrogen-bond acceptors (Lipinski definition) is 5. The molecule has 1 saturated heterocycles. The molecule has 1 unspecified atom stereocenters. The molecule has 0 saturated carbocycles. The summed E-state index contributed by atoms with van der Waals surface area (Å²) < 4.78 is 15.9. The van der Waals surface area contributed by atoms with Crippen LogP contribution in [0, 0.1) is 5.41 Å². The Hall–Kier alpha value is -2.54. The van der Waals surface area contributed by atoms with Gasteiger partial charge in [-0.05, 0) is 43.4 Å². The third-order valence-corrected chi connectivity index (χ3v) is 5.84. The minimum absolute atomic E-state index is 0.00830. The van der Waals surface area contributed by atoms with Crippen LogP contribution in [-0.4, -0.2) is 43.8 Å². The summed E-state index contributed by atoms with van der Waals surface area (Å²) in [6.45, 7) is 1.58. The van der Waals surface area contributed by atoms with Gasteiger partial charge in [0.1, 0.15) is 0 Å². The lowest BCUT2D eigenvalue weighted by atomic mass is 9.69. The Morgan fingerprint density at radius 2 is 2.14 bits per heavy atom. The molecule has 1 fully saturated rings. The number of carbonyl (C=O) groups excluding carboxylic acids is 2. The van der Waals surface area contributed by atoms with Gasteiger partial charge in [-0.2, -0.15) is 0 Å². The minimum atomic E-state index is -0.629. The number of hydrogen-bond donors (Lipinski definition) is 1. The molecule has 2 aliphatic heterocycles. The molecule has 2 amide bonds. The van der Waals surface area contributed by atoms with Crippen LogP contribution in [0.15, 0.2) is 30.0 Å². The molecular formula is C21H26N2O5. The number of nitrogens with one attached hydrogen (secondary N) is 1. The quantitative estimate of drug-likeness (QED) is 0.812. The summed E-state index contributed by atoms with van der Waals surface area (Å²) in [5.74, 6) is 1.50. The summed E-state index contributed by atoms with van der Waals surface area (Å²) in [6.07, 6.45) is 5.63. The van der Waals surface area contributed by atoms with Crippen molar-refractivity contribution >= 4 is 11.8 Å². The molecule has 1 aliphatic carbocycles. The average Bonchev–Trinajstić information content (AvgIpc) is 3.19. The van der Waals surface area contributed by atoms with Gasteiger partial charge in [0.25, 0.3) is 0 Å². The maximum atomic E-state index is 13.3. The number of carbonyl (C=O) groups is 2. The molecule has 2 heterocycles. The van der Waals surface area contributed by atoms with E-state index in [9.17, 15) is 9.59 Å². The van der Waals surface area contributed by atoms with Crippen LogP contribution in [0.5, 0.6) is 11.5 Å². The second-order valence-corrected chi connectivity index (χ2v) is 7.47. The molecular weight excluding hydrogens is 360 g/mol. The van der Waals surface area contributed by atoms with E-state index in [2.05, 4.69) is 11.4 Å². The zero-order valence-electron chi connectivity index (χ0n) is 16.2. The summed E-state index contributed by atoms with van der Waals surface area (Å²) in [4.78, 5) is 27.5. The summed E-state index contributed by atoms with van der Waals surface area (Å²) in [6, 6.07) is 5.69. The molecule has 1 atom stereocenters. The molecule has 1 N–H and O–H groups in total. The van der Waals surface area contributed by atoms with Crippen molar-refractivity contribution in [1.82, 2.24) is 10.2 Å². The fraction of sp³-hybridized carbons (Fsp3) is 0.524. The lowest BCUT2D eigenvalue weighted by Crippen LogP contribution is -2.53. The van der Waals surface area contributed by atoms with Crippen LogP contribution in [0.3, 0.4) is 0 Å². The summed E-state index contributed by atoms with van der Waals surface area (Å²) in [7, 11) is 1.62. The number of ether oxygens (including phenoxy) is 3. The van der Waals surface area contributed by atoms with Crippen LogP contribution in [0.25, 0.3) is 0 Å². The van der Waals surface area contributed by atoms with Gasteiger partial charge >= 0.3 is 0 Å². The molecule has 0 aromatic heterocycles. The van der Waals surface area contributed by atoms with E-state index < -0.39 is 5.41 Å². The van der Waals surface area contributed by atoms with Gasteiger partial charge in [0.05, 0.1) is 12.0 Å². The van der Waals surface area contributed by atoms with Crippen molar-refractivity contribution in [2.45, 2.75) is 38.6 Å². The van der Waals surface area contributed by atoms with Crippen LogP contribution >= 0.6 is 0 Å². The molecule has 1 aromatic carbocycles. The number of benzene rings is 1. The fourth-order valence-electron chi connectivity index (χ4n) is 4.35. The Morgan fingerprint density at radius 3 is 3.00 bits per heavy atom. The standard InChI is InChI=1S/C21H26N2O5/c1-26-11-10-23-18-4-2-3-8-21(18,9-7-19(23)24)20(25)22-13-15-5-6-16-17(12-15)28-14-27-16/h4-6,12H,2-3,7-11,13-14H2,1H3,(H,22,25). The summed E-state index contributed by atoms with van der Waals surface area (Å²) in [5, 5.41) is 3.10. The first kappa shape index (κ1) is 18.8. The molecule has 7 nitrogen and oxygen atoms in total. The Kier molecular flexibility index (Phi) is 5.26. The predicted octanol–water partition coefficient (Wildman–Crippen LogP) is 2.35. The van der Waals surface area contributed by atoms with Crippen molar-refractivity contribution in [2.75, 3.05) is 27.1 Å². The third-order valence-electron chi connectivity index (χ3n) is 5.84. The van der Waals surface area contributed by atoms with Crippen LogP contribution in [-0.2, 0) is 20.9 Å². The van der Waals surface area contributed by atoms with Crippen molar-refractivity contribution in [1.29, 1.82) is 0 Å². The van der Waals surface area contributed by atoms with E-state index in [4.69, 9.17) is 14.2 Å². The number of likely N-dealkylation sites (tertiary alicyclic amines) is 1. The normalized spacial score (nSPS) is 23.2. The molecule has 4 rings (SSSR count). The van der Waals surface area contributed by atoms with Crippen molar-refractivity contribution < 1.29 is 23.8 Å². The van der Waals surface area contributed by atoms with E-state index >= 15 is 0 Å². The lowest BCUT2D eigenvalue weighted by molar-refractivity contribution is -0.141. The van der Waals surface area contributed by atoms with Gasteiger partial charge in [-0.1, -0.05) is 12.1 Å². The highest BCUT2D eigenvalue weighted by Crippen LogP contribution is 2.47. The third kappa shape index (κ3) is 3.35. The molecule has 150 valence electrons. The van der Waals surface area contributed by atoms with Crippen molar-refractivity contribution in [2.24, 2.45) is 5.41 Å². The van der Waals surface area contributed by atoms with Crippen LogP contribution < -0.4 is 14.8 Å². The predicted molar refractivity (Wildman–Crippen MR) is 102 cm³/mol. The monoisotopic (exact) mass is 386 g/mol. The summed E-state index contributed by atoms with van der Waals surface area (Å²) >= 11 is 0. The van der Waals surface area contributed by atoms with Gasteiger partial charge in [0.2, 0.25) is 18.6 Å². The second kappa shape index (κ2) is 7.83. The van der Waals surface area contributed by atoms with E-state index in [1.54, 1.807) is 12.0 Å². The van der Waals surface area contributed by atoms with Crippen LogP contribution in [0.1, 0.15) is 37.7 Å². The number of allylic oxidation sites excluding steroid dienone is 1. The first-order valence-corrected chi connectivity index (χ1v) is 9.81. The van der Waals surface area contributed by atoms with Gasteiger partial charge in [-0.3, -0.25) is 9.59 Å². The van der Waals surface area contributed by atoms with Crippen molar-refractivity contribution in [3.63, 3.8) is 0 Å². The first-order chi connectivity index (χ1) is 13.6. The highest BCUT2D eigenvalue weighted by atomic mass is 16.7. The number of fused-ring (bicyclic) bond motifs is 2. The van der Waals surface area contributed by atoms with E-state index in [0.29, 0.717) is 38.3 Å². The van der Waals surface area contributed by atoms with E-state index in [1.807, 2.05) is 18.2 Å². The second-order valence-electron chi connectivity index (χ2n) is 7.47. The fourth-order valence-corrected chi connectivity index (χ4v) is 4.35. The minimum Gasteiger partial charge on any atom is -0.454 e. The molecule has 0 bridgehead atoms. The maximum Gasteiger partial charge on any atom is 0.232 e. The SMILES string of the molecule is COCCN1C(=O)CCC2(C(=O)NCc3ccc4c(c3)OCO4)CCCC=C12. The molecule has 0 spiro atoms. The van der Waals surface area contributed by atoms with Crippen molar-refractivity contribution in [3.8, 4) is 11.5 Å². The van der Waals surface area contributed by atoms with Gasteiger partial charge in [0, 0.05) is 32.3 Å². The van der Waals surface area contributed by atoms with E-state index in [0.717, 1.165) is 36.3 Å². The molecule has 1 aromatic rings. The van der Waals surface area contributed by atoms with E-state index in [-0.39, 0.29) is 18.6 Å². The zero-order valence-corrected chi connectivity index (χ0v) is 16.2. The largest absolute Gasteiger partial charge is 0.454 e. The lowest BCUT2D eigenvalue weighted by Gasteiger charge is -2.46. The summed E-state index contributed by atoms with van der Waals surface area (Å²) in [5.41, 5.74) is 1.18. The number of piperidine rings is 1. The number of methoxy groups -OCH3 is 1. The Balaban J connectivity index is 1.50. The smallest absolute Gasteiger partial charge is 0.232 e. The van der Waals surface area contributed by atoms with E-state index in [1.165, 1.54) is 0 Å². The highest BCUT2D eigenvalue weighted by Gasteiger charge is 2.49. The molecule has 0 radical (unpaired) electrons. The highest BCUT2D eigenvalue weighted by molar-refractivity contribution is 5.91. The van der Waals surface area contributed by atoms with Gasteiger partial charge < -0.3 is 24.4 Å². The van der Waals surface area contributed by atoms with Gasteiger partial charge in [-0.15, -0.1) is 0 Å². The maximum absolute atomic E-state index is 13.3. The van der Waals surface area contributed by atoms with Gasteiger partial charge in [0.15, 0.2) is 11.5 Å². The zero-order chi connectivity index (χ0) is 19.6. The molecule has 3 aliphatic rings. The van der Waals surface area contributed by atoms with Crippen LogP contribution in [0.2, 0.25) is 0 Å². The first-order valence-electron chi connectivity index (χ1n) is 9.81. The number of rotatable bonds is 6. The Morgan fingerprint density at radius 1 is 1.29 bits per heavy atom. The number of amides is 2. The van der Waals surface area contributed by atoms with Crippen molar-refractivity contribution in [3.05, 3.63) is 35.5 Å². The average molecular weight is 386 g/mol. The topological polar surface area (TPSA) is 77.1 Å². The Labute approximate surface area is 164 Å². The Bertz CT molecular complexity index is 806.